The molecule has 4 nitrogen and oxygen atoms in total. The van der Waals surface area contributed by atoms with E-state index in [1.165, 1.54) is 12.1 Å². The summed E-state index contributed by atoms with van der Waals surface area (Å²) < 4.78 is 7.51. The lowest BCUT2D eigenvalue weighted by Gasteiger charge is -2.09. The van der Waals surface area contributed by atoms with Gasteiger partial charge in [-0.15, -0.1) is 0 Å². The fraction of sp³-hybridized carbons (Fsp3) is 0.188. The van der Waals surface area contributed by atoms with Crippen LogP contribution in [0.3, 0.4) is 0 Å². The van der Waals surface area contributed by atoms with Crippen molar-refractivity contribution in [2.75, 3.05) is 5.32 Å². The zero-order valence-corrected chi connectivity index (χ0v) is 11.4. The third kappa shape index (κ3) is 2.59. The van der Waals surface area contributed by atoms with E-state index in [0.29, 0.717) is 0 Å². The van der Waals surface area contributed by atoms with Crippen LogP contribution in [-0.2, 0) is 13.1 Å². The van der Waals surface area contributed by atoms with Crippen LogP contribution >= 0.6 is 0 Å². The highest BCUT2D eigenvalue weighted by Crippen LogP contribution is 2.21. The molecule has 0 spiro atoms. The number of hydrogen-bond acceptors (Lipinski definition) is 3. The van der Waals surface area contributed by atoms with Gasteiger partial charge in [-0.2, -0.15) is 0 Å². The summed E-state index contributed by atoms with van der Waals surface area (Å²) in [6.45, 7) is 3.96. The van der Waals surface area contributed by atoms with Crippen molar-refractivity contribution < 1.29 is 4.42 Å². The summed E-state index contributed by atoms with van der Waals surface area (Å²) in [5, 5.41) is 3.43. The van der Waals surface area contributed by atoms with Gasteiger partial charge in [0, 0.05) is 29.7 Å². The van der Waals surface area contributed by atoms with E-state index in [9.17, 15) is 0 Å². The van der Waals surface area contributed by atoms with Crippen molar-refractivity contribution in [3.8, 4) is 11.3 Å². The minimum absolute atomic E-state index is 0.788. The van der Waals surface area contributed by atoms with E-state index in [-0.39, 0.29) is 0 Å². The third-order valence-corrected chi connectivity index (χ3v) is 3.34. The van der Waals surface area contributed by atoms with Gasteiger partial charge in [0.25, 0.3) is 0 Å². The van der Waals surface area contributed by atoms with Crippen LogP contribution < -0.4 is 5.32 Å². The molecule has 0 amide bonds. The van der Waals surface area contributed by atoms with Crippen LogP contribution in [-0.4, -0.2) is 9.55 Å². The Hall–Kier alpha value is -2.49. The number of anilines is 1. The lowest BCUT2D eigenvalue weighted by molar-refractivity contribution is 0.572. The van der Waals surface area contributed by atoms with E-state index in [1.807, 2.05) is 12.1 Å². The molecular formula is C16H17N3O. The quantitative estimate of drug-likeness (QED) is 0.765. The highest BCUT2D eigenvalue weighted by molar-refractivity contribution is 5.60. The molecule has 3 rings (SSSR count). The number of benzene rings is 1. The lowest BCUT2D eigenvalue weighted by atomic mass is 10.1. The zero-order chi connectivity index (χ0) is 13.8. The maximum absolute atomic E-state index is 5.27. The molecule has 2 heterocycles. The normalized spacial score (nSPS) is 10.7. The molecule has 1 N–H and O–H groups in total. The van der Waals surface area contributed by atoms with Crippen LogP contribution in [0.15, 0.2) is 59.6 Å². The van der Waals surface area contributed by atoms with Crippen LogP contribution in [0.25, 0.3) is 11.3 Å². The Labute approximate surface area is 118 Å². The molecule has 0 saturated carbocycles. The Balaban J connectivity index is 1.67. The Bertz CT molecular complexity index is 653. The molecule has 0 aliphatic carbocycles. The van der Waals surface area contributed by atoms with Crippen LogP contribution in [0.1, 0.15) is 12.6 Å². The van der Waals surface area contributed by atoms with Gasteiger partial charge in [-0.05, 0) is 43.3 Å². The molecule has 0 saturated heterocycles. The largest absolute Gasteiger partial charge is 0.444 e. The number of nitrogens with zero attached hydrogens (tertiary/aromatic N) is 2. The maximum Gasteiger partial charge on any atom is 0.181 e. The molecule has 2 aromatic heterocycles. The predicted molar refractivity (Wildman–Crippen MR) is 79.4 cm³/mol. The van der Waals surface area contributed by atoms with Crippen molar-refractivity contribution in [3.05, 3.63) is 60.9 Å². The molecule has 1 aromatic carbocycles. The number of aryl methyl sites for hydroxylation is 1. The van der Waals surface area contributed by atoms with E-state index in [1.54, 1.807) is 6.20 Å². The van der Waals surface area contributed by atoms with Crippen LogP contribution in [0.5, 0.6) is 0 Å². The first-order valence-corrected chi connectivity index (χ1v) is 6.73. The fourth-order valence-corrected chi connectivity index (χ4v) is 2.22. The first-order chi connectivity index (χ1) is 9.86. The van der Waals surface area contributed by atoms with Gasteiger partial charge >= 0.3 is 0 Å². The Morgan fingerprint density at radius 3 is 2.75 bits per heavy atom. The van der Waals surface area contributed by atoms with E-state index in [0.717, 1.165) is 30.1 Å². The first-order valence-electron chi connectivity index (χ1n) is 6.73. The summed E-state index contributed by atoms with van der Waals surface area (Å²) >= 11 is 0. The van der Waals surface area contributed by atoms with Gasteiger partial charge in [0.15, 0.2) is 12.2 Å². The average Bonchev–Trinajstić information content (AvgIpc) is 3.16. The van der Waals surface area contributed by atoms with Gasteiger partial charge in [0.1, 0.15) is 0 Å². The summed E-state index contributed by atoms with van der Waals surface area (Å²) in [6, 6.07) is 12.4. The number of rotatable bonds is 5. The summed E-state index contributed by atoms with van der Waals surface area (Å²) in [7, 11) is 0. The Morgan fingerprint density at radius 2 is 2.05 bits per heavy atom. The molecule has 20 heavy (non-hydrogen) atoms. The van der Waals surface area contributed by atoms with E-state index >= 15 is 0 Å². The standard InChI is InChI=1S/C16H17N3O/c1-2-19-9-3-4-15(19)10-18-14-7-5-13(6-8-14)16-11-17-12-20-16/h3-9,11-12,18H,2,10H2,1H3. The van der Waals surface area contributed by atoms with Gasteiger partial charge in [0.05, 0.1) is 12.7 Å². The number of hydrogen-bond donors (Lipinski definition) is 1. The van der Waals surface area contributed by atoms with Crippen molar-refractivity contribution in [2.24, 2.45) is 0 Å². The Morgan fingerprint density at radius 1 is 1.20 bits per heavy atom. The smallest absolute Gasteiger partial charge is 0.181 e. The number of nitrogens with one attached hydrogen (secondary N) is 1. The minimum Gasteiger partial charge on any atom is -0.444 e. The SMILES string of the molecule is CCn1cccc1CNc1ccc(-c2cnco2)cc1. The number of oxazole rings is 1. The lowest BCUT2D eigenvalue weighted by Crippen LogP contribution is -2.05. The molecule has 0 radical (unpaired) electrons. The zero-order valence-electron chi connectivity index (χ0n) is 11.4. The minimum atomic E-state index is 0.788. The van der Waals surface area contributed by atoms with Gasteiger partial charge in [0.2, 0.25) is 0 Å². The maximum atomic E-state index is 5.27. The van der Waals surface area contributed by atoms with Crippen molar-refractivity contribution in [1.82, 2.24) is 9.55 Å². The molecule has 3 aromatic rings. The van der Waals surface area contributed by atoms with Crippen LogP contribution in [0.2, 0.25) is 0 Å². The second-order valence-corrected chi connectivity index (χ2v) is 4.58. The summed E-state index contributed by atoms with van der Waals surface area (Å²) in [5.74, 6) is 0.788. The molecule has 0 bridgehead atoms. The van der Waals surface area contributed by atoms with Crippen molar-refractivity contribution in [2.45, 2.75) is 20.0 Å². The molecule has 0 atom stereocenters. The summed E-state index contributed by atoms with van der Waals surface area (Å²) in [5.41, 5.74) is 3.41. The van der Waals surface area contributed by atoms with Gasteiger partial charge < -0.3 is 14.3 Å². The van der Waals surface area contributed by atoms with Gasteiger partial charge in [-0.1, -0.05) is 0 Å². The molecule has 0 aliphatic rings. The molecular weight excluding hydrogens is 250 g/mol. The highest BCUT2D eigenvalue weighted by atomic mass is 16.3. The highest BCUT2D eigenvalue weighted by Gasteiger charge is 2.02. The van der Waals surface area contributed by atoms with E-state index in [4.69, 9.17) is 4.42 Å². The van der Waals surface area contributed by atoms with Crippen molar-refractivity contribution >= 4 is 5.69 Å². The predicted octanol–water partition coefficient (Wildman–Crippen LogP) is 3.78. The molecule has 0 fully saturated rings. The first kappa shape index (κ1) is 12.5. The third-order valence-electron chi connectivity index (χ3n) is 3.34. The van der Waals surface area contributed by atoms with Gasteiger partial charge in [-0.25, -0.2) is 4.98 Å². The molecule has 0 aliphatic heterocycles. The second-order valence-electron chi connectivity index (χ2n) is 4.58. The topological polar surface area (TPSA) is 43.0 Å². The van der Waals surface area contributed by atoms with Crippen molar-refractivity contribution in [1.29, 1.82) is 0 Å². The summed E-state index contributed by atoms with van der Waals surface area (Å²) in [4.78, 5) is 3.93. The van der Waals surface area contributed by atoms with Crippen molar-refractivity contribution in [3.63, 3.8) is 0 Å². The number of aromatic nitrogens is 2. The molecule has 0 unspecified atom stereocenters. The van der Waals surface area contributed by atoms with E-state index < -0.39 is 0 Å². The second kappa shape index (κ2) is 5.65. The molecule has 102 valence electrons. The molecule has 4 heteroatoms. The van der Waals surface area contributed by atoms with Crippen LogP contribution in [0.4, 0.5) is 5.69 Å². The monoisotopic (exact) mass is 267 g/mol. The van der Waals surface area contributed by atoms with E-state index in [2.05, 4.69) is 52.3 Å². The average molecular weight is 267 g/mol. The summed E-state index contributed by atoms with van der Waals surface area (Å²) in [6.07, 6.45) is 5.26. The Kier molecular flexibility index (Phi) is 3.54. The van der Waals surface area contributed by atoms with Gasteiger partial charge in [-0.3, -0.25) is 0 Å². The van der Waals surface area contributed by atoms with Crippen LogP contribution in [0, 0.1) is 0 Å². The fourth-order valence-electron chi connectivity index (χ4n) is 2.22.